The SMILES string of the molecule is NC(=O)Cn1cc(C=NO)c2ccccc21. The summed E-state index contributed by atoms with van der Waals surface area (Å²) in [5, 5.41) is 12.5. The van der Waals surface area contributed by atoms with Crippen molar-refractivity contribution in [1.29, 1.82) is 0 Å². The van der Waals surface area contributed by atoms with Crippen LogP contribution in [-0.2, 0) is 11.3 Å². The van der Waals surface area contributed by atoms with Gasteiger partial charge in [0, 0.05) is 22.7 Å². The molecule has 0 saturated carbocycles. The van der Waals surface area contributed by atoms with Gasteiger partial charge in [0.25, 0.3) is 0 Å². The maximum absolute atomic E-state index is 10.9. The lowest BCUT2D eigenvalue weighted by atomic mass is 10.2. The molecular weight excluding hydrogens is 206 g/mol. The number of fused-ring (bicyclic) bond motifs is 1. The molecule has 82 valence electrons. The summed E-state index contributed by atoms with van der Waals surface area (Å²) in [5.74, 6) is -0.409. The number of benzene rings is 1. The van der Waals surface area contributed by atoms with E-state index in [2.05, 4.69) is 5.16 Å². The molecule has 1 aromatic heterocycles. The maximum Gasteiger partial charge on any atom is 0.237 e. The zero-order chi connectivity index (χ0) is 11.5. The molecule has 16 heavy (non-hydrogen) atoms. The minimum Gasteiger partial charge on any atom is -0.411 e. The molecule has 2 aromatic rings. The molecule has 0 radical (unpaired) electrons. The van der Waals surface area contributed by atoms with E-state index in [4.69, 9.17) is 10.9 Å². The summed E-state index contributed by atoms with van der Waals surface area (Å²) in [6, 6.07) is 7.53. The number of nitrogens with two attached hydrogens (primary N) is 1. The summed E-state index contributed by atoms with van der Waals surface area (Å²) in [4.78, 5) is 10.9. The number of carbonyl (C=O) groups excluding carboxylic acids is 1. The van der Waals surface area contributed by atoms with Crippen molar-refractivity contribution < 1.29 is 10.0 Å². The van der Waals surface area contributed by atoms with Gasteiger partial charge in [-0.15, -0.1) is 0 Å². The first kappa shape index (κ1) is 10.2. The van der Waals surface area contributed by atoms with E-state index in [-0.39, 0.29) is 6.54 Å². The lowest BCUT2D eigenvalue weighted by Crippen LogP contribution is -2.17. The van der Waals surface area contributed by atoms with Gasteiger partial charge in [-0.2, -0.15) is 0 Å². The summed E-state index contributed by atoms with van der Waals surface area (Å²) in [6.45, 7) is 0.111. The first-order valence-electron chi connectivity index (χ1n) is 4.76. The van der Waals surface area contributed by atoms with E-state index in [0.717, 1.165) is 16.5 Å². The Bertz CT molecular complexity index is 557. The number of para-hydroxylation sites is 1. The normalized spacial score (nSPS) is 11.2. The molecule has 5 heteroatoms. The summed E-state index contributed by atoms with van der Waals surface area (Å²) >= 11 is 0. The number of rotatable bonds is 3. The van der Waals surface area contributed by atoms with Gasteiger partial charge in [0.1, 0.15) is 6.54 Å². The van der Waals surface area contributed by atoms with Gasteiger partial charge in [-0.3, -0.25) is 4.79 Å². The van der Waals surface area contributed by atoms with E-state index in [1.807, 2.05) is 24.3 Å². The smallest absolute Gasteiger partial charge is 0.237 e. The van der Waals surface area contributed by atoms with Gasteiger partial charge in [-0.1, -0.05) is 23.4 Å². The van der Waals surface area contributed by atoms with Crippen molar-refractivity contribution in [2.45, 2.75) is 6.54 Å². The van der Waals surface area contributed by atoms with Crippen molar-refractivity contribution in [3.05, 3.63) is 36.0 Å². The zero-order valence-electron chi connectivity index (χ0n) is 8.50. The third kappa shape index (κ3) is 1.75. The van der Waals surface area contributed by atoms with Crippen molar-refractivity contribution in [2.75, 3.05) is 0 Å². The minimum absolute atomic E-state index is 0.111. The van der Waals surface area contributed by atoms with Gasteiger partial charge >= 0.3 is 0 Å². The quantitative estimate of drug-likeness (QED) is 0.455. The molecule has 0 aliphatic carbocycles. The van der Waals surface area contributed by atoms with Crippen molar-refractivity contribution >= 4 is 23.0 Å². The highest BCUT2D eigenvalue weighted by Crippen LogP contribution is 2.19. The largest absolute Gasteiger partial charge is 0.411 e. The molecule has 5 nitrogen and oxygen atoms in total. The predicted octanol–water partition coefficient (Wildman–Crippen LogP) is 0.935. The molecule has 3 N–H and O–H groups in total. The van der Waals surface area contributed by atoms with E-state index in [1.165, 1.54) is 6.21 Å². The van der Waals surface area contributed by atoms with Crippen LogP contribution in [0.3, 0.4) is 0 Å². The van der Waals surface area contributed by atoms with Crippen LogP contribution in [0.1, 0.15) is 5.56 Å². The summed E-state index contributed by atoms with van der Waals surface area (Å²) in [7, 11) is 0. The fourth-order valence-electron chi connectivity index (χ4n) is 1.74. The van der Waals surface area contributed by atoms with Gasteiger partial charge in [-0.25, -0.2) is 0 Å². The lowest BCUT2D eigenvalue weighted by molar-refractivity contribution is -0.118. The molecule has 1 aromatic carbocycles. The Morgan fingerprint density at radius 1 is 1.50 bits per heavy atom. The van der Waals surface area contributed by atoms with Crippen molar-refractivity contribution in [3.63, 3.8) is 0 Å². The Morgan fingerprint density at radius 3 is 2.94 bits per heavy atom. The highest BCUT2D eigenvalue weighted by atomic mass is 16.4. The number of aromatic nitrogens is 1. The Morgan fingerprint density at radius 2 is 2.25 bits per heavy atom. The van der Waals surface area contributed by atoms with E-state index in [9.17, 15) is 4.79 Å². The lowest BCUT2D eigenvalue weighted by Gasteiger charge is -2.00. The van der Waals surface area contributed by atoms with Crippen molar-refractivity contribution in [2.24, 2.45) is 10.9 Å². The molecule has 0 aliphatic heterocycles. The second-order valence-electron chi connectivity index (χ2n) is 3.44. The molecule has 0 bridgehead atoms. The van der Waals surface area contributed by atoms with Crippen LogP contribution in [0.2, 0.25) is 0 Å². The molecule has 1 amide bonds. The standard InChI is InChI=1S/C11H11N3O2/c12-11(15)7-14-6-8(5-13-16)9-3-1-2-4-10(9)14/h1-6,16H,7H2,(H2,12,15). The predicted molar refractivity (Wildman–Crippen MR) is 60.5 cm³/mol. The van der Waals surface area contributed by atoms with Crippen LogP contribution in [0, 0.1) is 0 Å². The van der Waals surface area contributed by atoms with Crippen LogP contribution in [0.4, 0.5) is 0 Å². The second-order valence-corrected chi connectivity index (χ2v) is 3.44. The van der Waals surface area contributed by atoms with Gasteiger partial charge in [0.15, 0.2) is 0 Å². The number of primary amides is 1. The Balaban J connectivity index is 2.61. The number of oxime groups is 1. The van der Waals surface area contributed by atoms with Gasteiger partial charge in [0.05, 0.1) is 6.21 Å². The van der Waals surface area contributed by atoms with Crippen LogP contribution in [0.15, 0.2) is 35.6 Å². The maximum atomic E-state index is 10.9. The zero-order valence-corrected chi connectivity index (χ0v) is 8.50. The first-order chi connectivity index (χ1) is 7.72. The van der Waals surface area contributed by atoms with Gasteiger partial charge in [0.2, 0.25) is 5.91 Å². The second kappa shape index (κ2) is 4.06. The minimum atomic E-state index is -0.409. The van der Waals surface area contributed by atoms with E-state index in [0.29, 0.717) is 0 Å². The molecule has 0 unspecified atom stereocenters. The number of hydrogen-bond donors (Lipinski definition) is 2. The third-order valence-corrected chi connectivity index (χ3v) is 2.34. The average Bonchev–Trinajstić information content (AvgIpc) is 2.58. The summed E-state index contributed by atoms with van der Waals surface area (Å²) in [5.41, 5.74) is 6.79. The summed E-state index contributed by atoms with van der Waals surface area (Å²) < 4.78 is 1.73. The van der Waals surface area contributed by atoms with Crippen molar-refractivity contribution in [3.8, 4) is 0 Å². The van der Waals surface area contributed by atoms with E-state index >= 15 is 0 Å². The van der Waals surface area contributed by atoms with Crippen LogP contribution in [-0.4, -0.2) is 21.9 Å². The van der Waals surface area contributed by atoms with E-state index in [1.54, 1.807) is 10.8 Å². The Kier molecular flexibility index (Phi) is 2.59. The van der Waals surface area contributed by atoms with E-state index < -0.39 is 5.91 Å². The topological polar surface area (TPSA) is 80.6 Å². The summed E-state index contributed by atoms with van der Waals surface area (Å²) in [6.07, 6.45) is 3.06. The van der Waals surface area contributed by atoms with Crippen LogP contribution in [0.5, 0.6) is 0 Å². The first-order valence-corrected chi connectivity index (χ1v) is 4.76. The highest BCUT2D eigenvalue weighted by molar-refractivity contribution is 5.99. The van der Waals surface area contributed by atoms with Crippen molar-refractivity contribution in [1.82, 2.24) is 4.57 Å². The Hall–Kier alpha value is -2.30. The fraction of sp³-hybridized carbons (Fsp3) is 0.0909. The molecule has 0 spiro atoms. The van der Waals surface area contributed by atoms with Crippen LogP contribution < -0.4 is 5.73 Å². The molecule has 0 fully saturated rings. The average molecular weight is 217 g/mol. The van der Waals surface area contributed by atoms with Crippen LogP contribution in [0.25, 0.3) is 10.9 Å². The monoisotopic (exact) mass is 217 g/mol. The van der Waals surface area contributed by atoms with Gasteiger partial charge in [-0.05, 0) is 6.07 Å². The number of carbonyl (C=O) groups is 1. The molecule has 2 rings (SSSR count). The molecule has 0 atom stereocenters. The van der Waals surface area contributed by atoms with Crippen LogP contribution >= 0.6 is 0 Å². The van der Waals surface area contributed by atoms with Gasteiger partial charge < -0.3 is 15.5 Å². The number of amides is 1. The number of hydrogen-bond acceptors (Lipinski definition) is 3. The fourth-order valence-corrected chi connectivity index (χ4v) is 1.74. The molecule has 1 heterocycles. The molecule has 0 saturated heterocycles. The highest BCUT2D eigenvalue weighted by Gasteiger charge is 2.07. The molecule has 0 aliphatic rings. The number of nitrogens with zero attached hydrogens (tertiary/aromatic N) is 2. The molecular formula is C11H11N3O2. The third-order valence-electron chi connectivity index (χ3n) is 2.34. The Labute approximate surface area is 91.8 Å².